The van der Waals surface area contributed by atoms with E-state index in [4.69, 9.17) is 0 Å². The molecule has 5 aromatic rings. The third-order valence-electron chi connectivity index (χ3n) is 5.65. The van der Waals surface area contributed by atoms with E-state index in [9.17, 15) is 9.18 Å². The van der Waals surface area contributed by atoms with Gasteiger partial charge in [0.2, 0.25) is 0 Å². The van der Waals surface area contributed by atoms with Crippen molar-refractivity contribution in [2.45, 2.75) is 6.92 Å². The molecule has 2 aromatic heterocycles. The number of fused-ring (bicyclic) bond motifs is 1. The molecule has 0 radical (unpaired) electrons. The number of benzene rings is 3. The van der Waals surface area contributed by atoms with Crippen molar-refractivity contribution in [2.24, 2.45) is 0 Å². The fourth-order valence-electron chi connectivity index (χ4n) is 3.81. The Balaban J connectivity index is 1.36. The molecule has 0 aliphatic carbocycles. The van der Waals surface area contributed by atoms with Crippen LogP contribution in [0.3, 0.4) is 0 Å². The highest BCUT2D eigenvalue weighted by Crippen LogP contribution is 2.28. The lowest BCUT2D eigenvalue weighted by Gasteiger charge is -2.15. The largest absolute Gasteiger partial charge is 0.355 e. The first kappa shape index (κ1) is 22.0. The molecule has 3 aromatic carbocycles. The Morgan fingerprint density at radius 3 is 2.40 bits per heavy atom. The number of hydrogen-bond acceptors (Lipinski definition) is 5. The summed E-state index contributed by atoms with van der Waals surface area (Å²) >= 11 is 0. The minimum Gasteiger partial charge on any atom is -0.355 e. The number of aromatic nitrogens is 2. The van der Waals surface area contributed by atoms with Crippen molar-refractivity contribution in [1.82, 2.24) is 9.97 Å². The molecule has 2 heterocycles. The number of amides is 1. The van der Waals surface area contributed by atoms with E-state index in [1.807, 2.05) is 43.3 Å². The van der Waals surface area contributed by atoms with Gasteiger partial charge >= 0.3 is 0 Å². The predicted molar refractivity (Wildman–Crippen MR) is 138 cm³/mol. The van der Waals surface area contributed by atoms with Crippen molar-refractivity contribution in [1.29, 1.82) is 0 Å². The summed E-state index contributed by atoms with van der Waals surface area (Å²) in [6, 6.07) is 22.9. The average Bonchev–Trinajstić information content (AvgIpc) is 2.87. The number of halogens is 1. The van der Waals surface area contributed by atoms with E-state index in [2.05, 4.69) is 25.9 Å². The molecule has 172 valence electrons. The predicted octanol–water partition coefficient (Wildman–Crippen LogP) is 6.82. The molecule has 7 heteroatoms. The van der Waals surface area contributed by atoms with Crippen LogP contribution >= 0.6 is 0 Å². The second kappa shape index (κ2) is 9.61. The van der Waals surface area contributed by atoms with Crippen LogP contribution in [-0.4, -0.2) is 15.9 Å². The quantitative estimate of drug-likeness (QED) is 0.258. The maximum atomic E-state index is 13.8. The van der Waals surface area contributed by atoms with Crippen LogP contribution in [0.4, 0.5) is 32.8 Å². The molecular formula is C28H22FN5O. The first-order valence-electron chi connectivity index (χ1n) is 11.1. The first-order valence-corrected chi connectivity index (χ1v) is 11.1. The van der Waals surface area contributed by atoms with Gasteiger partial charge < -0.3 is 16.0 Å². The monoisotopic (exact) mass is 463 g/mol. The van der Waals surface area contributed by atoms with Gasteiger partial charge in [0.25, 0.3) is 5.91 Å². The zero-order chi connectivity index (χ0) is 24.2. The smallest absolute Gasteiger partial charge is 0.255 e. The van der Waals surface area contributed by atoms with E-state index >= 15 is 0 Å². The lowest BCUT2D eigenvalue weighted by atomic mass is 10.1. The third-order valence-corrected chi connectivity index (χ3v) is 5.65. The zero-order valence-corrected chi connectivity index (χ0v) is 18.9. The van der Waals surface area contributed by atoms with Crippen LogP contribution in [0.15, 0.2) is 97.5 Å². The zero-order valence-electron chi connectivity index (χ0n) is 18.9. The molecule has 0 unspecified atom stereocenters. The molecule has 0 aliphatic rings. The number of pyridine rings is 2. The summed E-state index contributed by atoms with van der Waals surface area (Å²) in [6.45, 7) is 1.95. The van der Waals surface area contributed by atoms with E-state index in [0.29, 0.717) is 33.5 Å². The number of carbonyl (C=O) groups excluding carboxylic acids is 1. The number of nitrogens with zero attached hydrogens (tertiary/aromatic N) is 2. The number of hydrogen-bond donors (Lipinski definition) is 3. The molecule has 1 amide bonds. The van der Waals surface area contributed by atoms with E-state index in [1.54, 1.807) is 48.9 Å². The lowest BCUT2D eigenvalue weighted by Crippen LogP contribution is -2.13. The number of anilines is 5. The Morgan fingerprint density at radius 1 is 0.771 bits per heavy atom. The molecule has 6 nitrogen and oxygen atoms in total. The van der Waals surface area contributed by atoms with Gasteiger partial charge in [0.05, 0.1) is 5.52 Å². The molecule has 0 saturated heterocycles. The SMILES string of the molecule is Cc1c(NC(=O)c2cccc(Nc3ccnc4ccc(F)cc34)c2)cccc1Nc1ccncc1. The Labute approximate surface area is 201 Å². The van der Waals surface area contributed by atoms with Crippen LogP contribution in [0.2, 0.25) is 0 Å². The van der Waals surface area contributed by atoms with Gasteiger partial charge in [0.15, 0.2) is 0 Å². The van der Waals surface area contributed by atoms with Crippen molar-refractivity contribution in [3.8, 4) is 0 Å². The highest BCUT2D eigenvalue weighted by molar-refractivity contribution is 6.06. The third kappa shape index (κ3) is 4.94. The molecule has 0 aliphatic heterocycles. The van der Waals surface area contributed by atoms with Gasteiger partial charge in [-0.25, -0.2) is 4.39 Å². The number of carbonyl (C=O) groups is 1. The number of nitrogens with one attached hydrogen (secondary N) is 3. The van der Waals surface area contributed by atoms with E-state index in [0.717, 1.165) is 16.9 Å². The Morgan fingerprint density at radius 2 is 1.54 bits per heavy atom. The molecule has 0 bridgehead atoms. The summed E-state index contributed by atoms with van der Waals surface area (Å²) in [6.07, 6.45) is 5.10. The van der Waals surface area contributed by atoms with Crippen molar-refractivity contribution in [2.75, 3.05) is 16.0 Å². The molecular weight excluding hydrogens is 441 g/mol. The van der Waals surface area contributed by atoms with Gasteiger partial charge in [-0.1, -0.05) is 12.1 Å². The molecule has 0 fully saturated rings. The summed E-state index contributed by atoms with van der Waals surface area (Å²) in [7, 11) is 0. The van der Waals surface area contributed by atoms with Gasteiger partial charge in [-0.05, 0) is 79.2 Å². The topological polar surface area (TPSA) is 78.9 Å². The van der Waals surface area contributed by atoms with Crippen LogP contribution in [0.1, 0.15) is 15.9 Å². The van der Waals surface area contributed by atoms with E-state index in [-0.39, 0.29) is 11.7 Å². The summed E-state index contributed by atoms with van der Waals surface area (Å²) in [5.74, 6) is -0.568. The summed E-state index contributed by atoms with van der Waals surface area (Å²) in [5.41, 5.74) is 6.01. The normalized spacial score (nSPS) is 10.7. The average molecular weight is 464 g/mol. The van der Waals surface area contributed by atoms with E-state index < -0.39 is 0 Å². The maximum absolute atomic E-state index is 13.8. The Bertz CT molecular complexity index is 1520. The number of rotatable bonds is 6. The van der Waals surface area contributed by atoms with Gasteiger partial charge in [-0.2, -0.15) is 0 Å². The van der Waals surface area contributed by atoms with Crippen LogP contribution in [-0.2, 0) is 0 Å². The van der Waals surface area contributed by atoms with E-state index in [1.165, 1.54) is 12.1 Å². The van der Waals surface area contributed by atoms with Gasteiger partial charge in [0, 0.05) is 58.0 Å². The Hall–Kier alpha value is -4.78. The van der Waals surface area contributed by atoms with Crippen molar-refractivity contribution >= 4 is 45.2 Å². The van der Waals surface area contributed by atoms with Crippen LogP contribution < -0.4 is 16.0 Å². The van der Waals surface area contributed by atoms with Crippen LogP contribution in [0.5, 0.6) is 0 Å². The first-order chi connectivity index (χ1) is 17.1. The minimum atomic E-state index is -0.335. The summed E-state index contributed by atoms with van der Waals surface area (Å²) in [5, 5.41) is 10.3. The molecule has 0 atom stereocenters. The van der Waals surface area contributed by atoms with Gasteiger partial charge in [-0.15, -0.1) is 0 Å². The van der Waals surface area contributed by atoms with Crippen LogP contribution in [0, 0.1) is 12.7 Å². The maximum Gasteiger partial charge on any atom is 0.255 e. The fourth-order valence-corrected chi connectivity index (χ4v) is 3.81. The Kier molecular flexibility index (Phi) is 6.05. The molecule has 0 spiro atoms. The van der Waals surface area contributed by atoms with Crippen molar-refractivity contribution in [3.05, 3.63) is 114 Å². The van der Waals surface area contributed by atoms with Crippen molar-refractivity contribution < 1.29 is 9.18 Å². The van der Waals surface area contributed by atoms with Gasteiger partial charge in [-0.3, -0.25) is 14.8 Å². The molecule has 0 saturated carbocycles. The highest BCUT2D eigenvalue weighted by Gasteiger charge is 2.11. The lowest BCUT2D eigenvalue weighted by molar-refractivity contribution is 0.102. The van der Waals surface area contributed by atoms with Gasteiger partial charge in [0.1, 0.15) is 5.82 Å². The van der Waals surface area contributed by atoms with Crippen LogP contribution in [0.25, 0.3) is 10.9 Å². The second-order valence-electron chi connectivity index (χ2n) is 8.02. The summed E-state index contributed by atoms with van der Waals surface area (Å²) < 4.78 is 13.8. The molecule has 35 heavy (non-hydrogen) atoms. The highest BCUT2D eigenvalue weighted by atomic mass is 19.1. The fraction of sp³-hybridized carbons (Fsp3) is 0.0357. The standard InChI is InChI=1S/C28H22FN5O/c1-18-24(32-21-10-13-30-14-11-21)6-3-7-25(18)34-28(35)19-4-2-5-22(16-19)33-27-12-15-31-26-9-8-20(29)17-23(26)27/h2-17H,1H3,(H,30,32)(H,31,33)(H,34,35). The molecule has 3 N–H and O–H groups in total. The minimum absolute atomic E-state index is 0.233. The summed E-state index contributed by atoms with van der Waals surface area (Å²) in [4.78, 5) is 21.4. The molecule has 5 rings (SSSR count). The van der Waals surface area contributed by atoms with Crippen molar-refractivity contribution in [3.63, 3.8) is 0 Å². The second-order valence-corrected chi connectivity index (χ2v) is 8.02.